The van der Waals surface area contributed by atoms with E-state index in [2.05, 4.69) is 10.2 Å². The number of para-hydroxylation sites is 2. The Kier molecular flexibility index (Phi) is 1.57. The van der Waals surface area contributed by atoms with Crippen molar-refractivity contribution in [2.45, 2.75) is 0 Å². The third kappa shape index (κ3) is 0.928. The number of fused-ring (bicyclic) bond motifs is 3. The van der Waals surface area contributed by atoms with Gasteiger partial charge in [0.2, 0.25) is 5.78 Å². The number of nitrogens with one attached hydrogen (secondary N) is 1. The lowest BCUT2D eigenvalue weighted by Crippen LogP contribution is -2.33. The summed E-state index contributed by atoms with van der Waals surface area (Å²) in [6.07, 6.45) is 0. The first kappa shape index (κ1) is 8.90. The summed E-state index contributed by atoms with van der Waals surface area (Å²) in [6.45, 7) is 0. The molecule has 0 spiro atoms. The lowest BCUT2D eigenvalue weighted by molar-refractivity contribution is 0.852. The van der Waals surface area contributed by atoms with Crippen LogP contribution in [0.3, 0.4) is 0 Å². The van der Waals surface area contributed by atoms with Crippen molar-refractivity contribution in [3.05, 3.63) is 45.0 Å². The van der Waals surface area contributed by atoms with Crippen LogP contribution in [0.25, 0.3) is 16.8 Å². The highest BCUT2D eigenvalue weighted by molar-refractivity contribution is 5.80. The first-order valence-electron chi connectivity index (χ1n) is 4.75. The molecule has 1 N–H and O–H groups in total. The fourth-order valence-corrected chi connectivity index (χ4v) is 1.88. The van der Waals surface area contributed by atoms with Gasteiger partial charge in [-0.05, 0) is 12.1 Å². The van der Waals surface area contributed by atoms with Gasteiger partial charge in [-0.25, -0.2) is 9.50 Å². The summed E-state index contributed by atoms with van der Waals surface area (Å²) in [6, 6.07) is 7.34. The van der Waals surface area contributed by atoms with Gasteiger partial charge in [-0.15, -0.1) is 5.10 Å². The number of benzene rings is 1. The van der Waals surface area contributed by atoms with Crippen LogP contribution in [0.1, 0.15) is 0 Å². The Hall–Kier alpha value is -2.37. The predicted octanol–water partition coefficient (Wildman–Crippen LogP) is -0.126. The Morgan fingerprint density at radius 3 is 2.62 bits per heavy atom. The Morgan fingerprint density at radius 2 is 1.88 bits per heavy atom. The minimum absolute atomic E-state index is 0.422. The number of aromatic nitrogens is 4. The minimum Gasteiger partial charge on any atom is -0.311 e. The van der Waals surface area contributed by atoms with Gasteiger partial charge in [0.05, 0.1) is 11.0 Å². The molecule has 0 radical (unpaired) electrons. The maximum Gasteiger partial charge on any atom is 0.330 e. The predicted molar refractivity (Wildman–Crippen MR) is 58.6 cm³/mol. The smallest absolute Gasteiger partial charge is 0.311 e. The van der Waals surface area contributed by atoms with E-state index in [0.29, 0.717) is 11.3 Å². The van der Waals surface area contributed by atoms with Gasteiger partial charge in [0.15, 0.2) is 0 Å². The standard InChI is InChI=1S/C10H8N4O2/c1-13-6-4-2-3-5-7(6)14-9(16)8(15)11-12-10(13)14/h2-5H,1H3,(H,11,15). The molecule has 0 amide bonds. The Labute approximate surface area is 88.8 Å². The quantitative estimate of drug-likeness (QED) is 0.532. The molecule has 80 valence electrons. The van der Waals surface area contributed by atoms with Gasteiger partial charge in [-0.2, -0.15) is 0 Å². The van der Waals surface area contributed by atoms with Crippen molar-refractivity contribution in [3.63, 3.8) is 0 Å². The molecule has 0 atom stereocenters. The topological polar surface area (TPSA) is 72.2 Å². The van der Waals surface area contributed by atoms with Crippen molar-refractivity contribution < 1.29 is 0 Å². The molecule has 0 fully saturated rings. The first-order chi connectivity index (χ1) is 7.70. The van der Waals surface area contributed by atoms with Crippen LogP contribution in [0.15, 0.2) is 33.9 Å². The van der Waals surface area contributed by atoms with E-state index < -0.39 is 11.1 Å². The zero-order valence-electron chi connectivity index (χ0n) is 8.47. The maximum atomic E-state index is 11.7. The molecule has 0 aliphatic heterocycles. The Morgan fingerprint density at radius 1 is 1.19 bits per heavy atom. The van der Waals surface area contributed by atoms with Gasteiger partial charge >= 0.3 is 11.1 Å². The number of aromatic amines is 1. The third-order valence-corrected chi connectivity index (χ3v) is 2.64. The van der Waals surface area contributed by atoms with E-state index in [-0.39, 0.29) is 0 Å². The molecule has 6 heteroatoms. The average molecular weight is 216 g/mol. The van der Waals surface area contributed by atoms with Gasteiger partial charge in [-0.3, -0.25) is 9.59 Å². The van der Waals surface area contributed by atoms with Gasteiger partial charge in [0.1, 0.15) is 0 Å². The van der Waals surface area contributed by atoms with Crippen LogP contribution in [-0.4, -0.2) is 19.2 Å². The van der Waals surface area contributed by atoms with Crippen molar-refractivity contribution in [2.24, 2.45) is 7.05 Å². The highest BCUT2D eigenvalue weighted by Crippen LogP contribution is 2.14. The van der Waals surface area contributed by atoms with Gasteiger partial charge in [0, 0.05) is 7.05 Å². The number of imidazole rings is 1. The van der Waals surface area contributed by atoms with Crippen LogP contribution in [-0.2, 0) is 7.05 Å². The zero-order valence-corrected chi connectivity index (χ0v) is 8.47. The summed E-state index contributed by atoms with van der Waals surface area (Å²) in [5.41, 5.74) is 0.213. The normalized spacial score (nSPS) is 11.3. The number of nitrogens with zero attached hydrogens (tertiary/aromatic N) is 3. The molecular formula is C10H8N4O2. The summed E-state index contributed by atoms with van der Waals surface area (Å²) in [7, 11) is 1.79. The fraction of sp³-hybridized carbons (Fsp3) is 0.100. The Balaban J connectivity index is 2.80. The SMILES string of the molecule is Cn1c2ccccc2n2c(=O)c(=O)[nH]nc12. The molecule has 6 nitrogen and oxygen atoms in total. The second-order valence-corrected chi connectivity index (χ2v) is 3.54. The number of hydrogen-bond donors (Lipinski definition) is 1. The summed E-state index contributed by atoms with van der Waals surface area (Å²) in [4.78, 5) is 22.9. The second-order valence-electron chi connectivity index (χ2n) is 3.54. The van der Waals surface area contributed by atoms with Crippen LogP contribution >= 0.6 is 0 Å². The number of rotatable bonds is 0. The molecule has 3 rings (SSSR count). The van der Waals surface area contributed by atoms with E-state index in [4.69, 9.17) is 0 Å². The molecule has 0 unspecified atom stereocenters. The summed E-state index contributed by atoms with van der Waals surface area (Å²) < 4.78 is 3.07. The van der Waals surface area contributed by atoms with Gasteiger partial charge in [-0.1, -0.05) is 12.1 Å². The molecule has 16 heavy (non-hydrogen) atoms. The van der Waals surface area contributed by atoms with Crippen LogP contribution in [0.4, 0.5) is 0 Å². The van der Waals surface area contributed by atoms with E-state index in [1.807, 2.05) is 18.2 Å². The van der Waals surface area contributed by atoms with E-state index in [0.717, 1.165) is 5.52 Å². The molecule has 0 saturated heterocycles. The first-order valence-corrected chi connectivity index (χ1v) is 4.75. The van der Waals surface area contributed by atoms with Crippen molar-refractivity contribution >= 4 is 16.8 Å². The number of H-pyrrole nitrogens is 1. The lowest BCUT2D eigenvalue weighted by atomic mass is 10.3. The van der Waals surface area contributed by atoms with Crippen LogP contribution in [0, 0.1) is 0 Å². The molecule has 0 saturated carbocycles. The van der Waals surface area contributed by atoms with E-state index in [9.17, 15) is 9.59 Å². The summed E-state index contributed by atoms with van der Waals surface area (Å²) >= 11 is 0. The molecular weight excluding hydrogens is 208 g/mol. The Bertz CT molecular complexity index is 809. The summed E-state index contributed by atoms with van der Waals surface area (Å²) in [5.74, 6) is 0.422. The highest BCUT2D eigenvalue weighted by atomic mass is 16.2. The molecule has 1 aromatic carbocycles. The molecule has 0 bridgehead atoms. The summed E-state index contributed by atoms with van der Waals surface area (Å²) in [5, 5.41) is 6.05. The maximum absolute atomic E-state index is 11.7. The molecule has 2 heterocycles. The lowest BCUT2D eigenvalue weighted by Gasteiger charge is -1.93. The van der Waals surface area contributed by atoms with E-state index >= 15 is 0 Å². The minimum atomic E-state index is -0.714. The zero-order chi connectivity index (χ0) is 11.3. The van der Waals surface area contributed by atoms with Crippen LogP contribution in [0.2, 0.25) is 0 Å². The number of hydrogen-bond acceptors (Lipinski definition) is 3. The molecule has 0 aliphatic rings. The monoisotopic (exact) mass is 216 g/mol. The average Bonchev–Trinajstić information content (AvgIpc) is 2.59. The molecule has 3 aromatic rings. The molecule has 2 aromatic heterocycles. The van der Waals surface area contributed by atoms with Crippen LogP contribution < -0.4 is 11.1 Å². The van der Waals surface area contributed by atoms with Gasteiger partial charge < -0.3 is 4.57 Å². The van der Waals surface area contributed by atoms with Crippen molar-refractivity contribution in [1.29, 1.82) is 0 Å². The van der Waals surface area contributed by atoms with Gasteiger partial charge in [0.25, 0.3) is 0 Å². The van der Waals surface area contributed by atoms with E-state index in [1.165, 1.54) is 4.40 Å². The third-order valence-electron chi connectivity index (χ3n) is 2.64. The fourth-order valence-electron chi connectivity index (χ4n) is 1.88. The second kappa shape index (κ2) is 2.82. The van der Waals surface area contributed by atoms with Crippen molar-refractivity contribution in [2.75, 3.05) is 0 Å². The van der Waals surface area contributed by atoms with Crippen molar-refractivity contribution in [3.8, 4) is 0 Å². The van der Waals surface area contributed by atoms with Crippen LogP contribution in [0.5, 0.6) is 0 Å². The largest absolute Gasteiger partial charge is 0.330 e. The number of aryl methyl sites for hydroxylation is 1. The molecule has 0 aliphatic carbocycles. The van der Waals surface area contributed by atoms with E-state index in [1.54, 1.807) is 17.7 Å². The highest BCUT2D eigenvalue weighted by Gasteiger charge is 2.11. The van der Waals surface area contributed by atoms with Crippen molar-refractivity contribution in [1.82, 2.24) is 19.2 Å².